The fraction of sp³-hybridized carbons (Fsp3) is 0. The molecule has 3 rings (SSSR count). The lowest BCUT2D eigenvalue weighted by molar-refractivity contribution is 1.06. The number of pyridine rings is 1. The van der Waals surface area contributed by atoms with E-state index in [1.165, 1.54) is 0 Å². The maximum atomic E-state index is 4.15. The lowest BCUT2D eigenvalue weighted by atomic mass is 10.2. The molecule has 0 aliphatic heterocycles. The summed E-state index contributed by atoms with van der Waals surface area (Å²) < 4.78 is 1.95. The quantitative estimate of drug-likeness (QED) is 0.668. The van der Waals surface area contributed by atoms with Crippen molar-refractivity contribution < 1.29 is 0 Å². The molecule has 0 aliphatic carbocycles. The lowest BCUT2D eigenvalue weighted by Crippen LogP contribution is -1.95. The number of aromatic nitrogens is 4. The Bertz CT molecular complexity index is 548. The van der Waals surface area contributed by atoms with Gasteiger partial charge in [0.25, 0.3) is 0 Å². The fourth-order valence-corrected chi connectivity index (χ4v) is 1.71. The standard InChI is InChI=1S/C13H10N4/c1-2-4-12(5-3-1)17-10-15-16-13(17)11-6-8-14-9-7-11/h1-10H. The molecular weight excluding hydrogens is 212 g/mol. The number of hydrogen-bond donors (Lipinski definition) is 0. The minimum atomic E-state index is 0.818. The van der Waals surface area contributed by atoms with Gasteiger partial charge in [-0.25, -0.2) is 0 Å². The summed E-state index contributed by atoms with van der Waals surface area (Å²) >= 11 is 0. The van der Waals surface area contributed by atoms with E-state index in [-0.39, 0.29) is 0 Å². The van der Waals surface area contributed by atoms with Crippen LogP contribution in [-0.4, -0.2) is 19.7 Å². The van der Waals surface area contributed by atoms with E-state index in [2.05, 4.69) is 15.2 Å². The average Bonchev–Trinajstić information content (AvgIpc) is 2.90. The molecule has 4 heteroatoms. The highest BCUT2D eigenvalue weighted by Crippen LogP contribution is 2.19. The molecule has 0 aliphatic rings. The van der Waals surface area contributed by atoms with Crippen molar-refractivity contribution in [2.45, 2.75) is 0 Å². The monoisotopic (exact) mass is 222 g/mol. The van der Waals surface area contributed by atoms with Crippen LogP contribution < -0.4 is 0 Å². The maximum Gasteiger partial charge on any atom is 0.168 e. The van der Waals surface area contributed by atoms with Gasteiger partial charge in [-0.05, 0) is 24.3 Å². The minimum absolute atomic E-state index is 0.818. The van der Waals surface area contributed by atoms with Crippen LogP contribution in [0.2, 0.25) is 0 Å². The van der Waals surface area contributed by atoms with Crippen molar-refractivity contribution in [1.29, 1.82) is 0 Å². The van der Waals surface area contributed by atoms with Crippen LogP contribution in [0, 0.1) is 0 Å². The fourth-order valence-electron chi connectivity index (χ4n) is 1.71. The van der Waals surface area contributed by atoms with Crippen LogP contribution in [0.25, 0.3) is 17.1 Å². The van der Waals surface area contributed by atoms with Crippen molar-refractivity contribution >= 4 is 0 Å². The summed E-state index contributed by atoms with van der Waals surface area (Å²) in [6.45, 7) is 0. The average molecular weight is 222 g/mol. The van der Waals surface area contributed by atoms with Crippen molar-refractivity contribution in [3.05, 3.63) is 61.2 Å². The van der Waals surface area contributed by atoms with Crippen LogP contribution in [0.3, 0.4) is 0 Å². The van der Waals surface area contributed by atoms with E-state index < -0.39 is 0 Å². The Kier molecular flexibility index (Phi) is 2.38. The summed E-state index contributed by atoms with van der Waals surface area (Å²) in [7, 11) is 0. The highest BCUT2D eigenvalue weighted by atomic mass is 15.3. The molecule has 0 atom stereocenters. The van der Waals surface area contributed by atoms with Gasteiger partial charge < -0.3 is 0 Å². The molecule has 17 heavy (non-hydrogen) atoms. The third-order valence-electron chi connectivity index (χ3n) is 2.52. The van der Waals surface area contributed by atoms with Gasteiger partial charge in [-0.2, -0.15) is 0 Å². The third kappa shape index (κ3) is 1.80. The SMILES string of the molecule is c1ccc(-n2cnnc2-c2ccncc2)cc1. The highest BCUT2D eigenvalue weighted by molar-refractivity contribution is 5.56. The first-order chi connectivity index (χ1) is 8.45. The molecule has 4 nitrogen and oxygen atoms in total. The van der Waals surface area contributed by atoms with E-state index in [0.29, 0.717) is 0 Å². The Morgan fingerprint density at radius 2 is 1.65 bits per heavy atom. The number of hydrogen-bond acceptors (Lipinski definition) is 3. The van der Waals surface area contributed by atoms with E-state index in [1.54, 1.807) is 18.7 Å². The van der Waals surface area contributed by atoms with Gasteiger partial charge >= 0.3 is 0 Å². The summed E-state index contributed by atoms with van der Waals surface area (Å²) in [5, 5.41) is 8.12. The predicted octanol–water partition coefficient (Wildman–Crippen LogP) is 2.33. The van der Waals surface area contributed by atoms with E-state index in [9.17, 15) is 0 Å². The lowest BCUT2D eigenvalue weighted by Gasteiger charge is -2.05. The topological polar surface area (TPSA) is 43.6 Å². The van der Waals surface area contributed by atoms with E-state index in [1.807, 2.05) is 47.0 Å². The van der Waals surface area contributed by atoms with Gasteiger partial charge in [-0.15, -0.1) is 10.2 Å². The molecule has 0 N–H and O–H groups in total. The largest absolute Gasteiger partial charge is 0.282 e. The summed E-state index contributed by atoms with van der Waals surface area (Å²) in [5.74, 6) is 0.818. The zero-order valence-corrected chi connectivity index (χ0v) is 9.06. The molecule has 0 saturated carbocycles. The number of benzene rings is 1. The van der Waals surface area contributed by atoms with Gasteiger partial charge in [0, 0.05) is 23.6 Å². The normalized spacial score (nSPS) is 10.4. The molecule has 3 aromatic rings. The van der Waals surface area contributed by atoms with Gasteiger partial charge in [-0.3, -0.25) is 9.55 Å². The first-order valence-electron chi connectivity index (χ1n) is 5.31. The second kappa shape index (κ2) is 4.17. The van der Waals surface area contributed by atoms with Gasteiger partial charge in [0.05, 0.1) is 0 Å². The molecule has 0 unspecified atom stereocenters. The van der Waals surface area contributed by atoms with E-state index >= 15 is 0 Å². The van der Waals surface area contributed by atoms with Crippen LogP contribution in [0.15, 0.2) is 61.2 Å². The molecule has 2 heterocycles. The van der Waals surface area contributed by atoms with Crippen molar-refractivity contribution in [2.24, 2.45) is 0 Å². The van der Waals surface area contributed by atoms with Crippen molar-refractivity contribution in [3.8, 4) is 17.1 Å². The Morgan fingerprint density at radius 1 is 0.882 bits per heavy atom. The molecule has 0 bridgehead atoms. The van der Waals surface area contributed by atoms with Crippen molar-refractivity contribution in [3.63, 3.8) is 0 Å². The Labute approximate surface area is 98.6 Å². The van der Waals surface area contributed by atoms with Crippen LogP contribution in [0.1, 0.15) is 0 Å². The molecule has 0 saturated heterocycles. The highest BCUT2D eigenvalue weighted by Gasteiger charge is 2.07. The van der Waals surface area contributed by atoms with E-state index in [4.69, 9.17) is 0 Å². The van der Waals surface area contributed by atoms with Crippen LogP contribution in [0.5, 0.6) is 0 Å². The summed E-state index contributed by atoms with van der Waals surface area (Å²) in [6, 6.07) is 13.9. The van der Waals surface area contributed by atoms with Crippen LogP contribution in [-0.2, 0) is 0 Å². The molecule has 0 fully saturated rings. The van der Waals surface area contributed by atoms with Crippen molar-refractivity contribution in [1.82, 2.24) is 19.7 Å². The smallest absolute Gasteiger partial charge is 0.168 e. The zero-order valence-electron chi connectivity index (χ0n) is 9.06. The number of rotatable bonds is 2. The van der Waals surface area contributed by atoms with Gasteiger partial charge in [0.15, 0.2) is 5.82 Å². The van der Waals surface area contributed by atoms with Gasteiger partial charge in [0.1, 0.15) is 6.33 Å². The second-order valence-electron chi connectivity index (χ2n) is 3.60. The number of nitrogens with zero attached hydrogens (tertiary/aromatic N) is 4. The molecule has 1 aromatic carbocycles. The van der Waals surface area contributed by atoms with Crippen molar-refractivity contribution in [2.75, 3.05) is 0 Å². The van der Waals surface area contributed by atoms with Gasteiger partial charge in [-0.1, -0.05) is 18.2 Å². The Hall–Kier alpha value is -2.49. The van der Waals surface area contributed by atoms with E-state index in [0.717, 1.165) is 17.1 Å². The summed E-state index contributed by atoms with van der Waals surface area (Å²) in [5.41, 5.74) is 2.05. The molecule has 0 radical (unpaired) electrons. The zero-order chi connectivity index (χ0) is 11.5. The molecule has 0 spiro atoms. The molecule has 2 aromatic heterocycles. The number of para-hydroxylation sites is 1. The van der Waals surface area contributed by atoms with Crippen LogP contribution >= 0.6 is 0 Å². The molecule has 82 valence electrons. The Morgan fingerprint density at radius 3 is 2.41 bits per heavy atom. The second-order valence-corrected chi connectivity index (χ2v) is 3.60. The third-order valence-corrected chi connectivity index (χ3v) is 2.52. The Balaban J connectivity index is 2.13. The minimum Gasteiger partial charge on any atom is -0.282 e. The maximum absolute atomic E-state index is 4.15. The first kappa shape index (κ1) is 9.72. The van der Waals surface area contributed by atoms with Crippen LogP contribution in [0.4, 0.5) is 0 Å². The first-order valence-corrected chi connectivity index (χ1v) is 5.31. The summed E-state index contributed by atoms with van der Waals surface area (Å²) in [6.07, 6.45) is 5.21. The summed E-state index contributed by atoms with van der Waals surface area (Å²) in [4.78, 5) is 4.00. The molecule has 0 amide bonds. The molecular formula is C13H10N4. The van der Waals surface area contributed by atoms with Gasteiger partial charge in [0.2, 0.25) is 0 Å². The predicted molar refractivity (Wildman–Crippen MR) is 64.6 cm³/mol.